The molecule has 4 rings (SSSR count). The second-order valence-electron chi connectivity index (χ2n) is 6.67. The zero-order chi connectivity index (χ0) is 21.1. The Morgan fingerprint density at radius 3 is 1.87 bits per heavy atom. The predicted octanol–water partition coefficient (Wildman–Crippen LogP) is 4.44. The van der Waals surface area contributed by atoms with Gasteiger partial charge in [0.25, 0.3) is 0 Å². The van der Waals surface area contributed by atoms with Gasteiger partial charge in [-0.2, -0.15) is 0 Å². The third-order valence-electron chi connectivity index (χ3n) is 4.47. The number of hydrogen-bond donors (Lipinski definition) is 2. The molecule has 148 valence electrons. The van der Waals surface area contributed by atoms with E-state index in [1.54, 1.807) is 78.9 Å². The molecule has 30 heavy (non-hydrogen) atoms. The number of anilines is 2. The zero-order valence-corrected chi connectivity index (χ0v) is 15.9. The largest absolute Gasteiger partial charge is 0.423 e. The highest BCUT2D eigenvalue weighted by Gasteiger charge is 2.13. The van der Waals surface area contributed by atoms with Crippen LogP contribution in [0.1, 0.15) is 20.7 Å². The summed E-state index contributed by atoms with van der Waals surface area (Å²) < 4.78 is 11.0. The summed E-state index contributed by atoms with van der Waals surface area (Å²) in [4.78, 5) is 24.9. The molecule has 0 amide bonds. The van der Waals surface area contributed by atoms with E-state index in [0.29, 0.717) is 39.4 Å². The molecule has 4 aromatic rings. The summed E-state index contributed by atoms with van der Waals surface area (Å²) in [6, 6.07) is 23.5. The van der Waals surface area contributed by atoms with Crippen LogP contribution in [0.25, 0.3) is 10.8 Å². The van der Waals surface area contributed by atoms with Gasteiger partial charge >= 0.3 is 11.9 Å². The Kier molecular flexibility index (Phi) is 5.05. The lowest BCUT2D eigenvalue weighted by atomic mass is 10.1. The Morgan fingerprint density at radius 1 is 0.633 bits per heavy atom. The van der Waals surface area contributed by atoms with Crippen molar-refractivity contribution in [1.82, 2.24) is 0 Å². The number of rotatable bonds is 4. The quantitative estimate of drug-likeness (QED) is 0.299. The standard InChI is InChI=1S/C24H18N2O4/c25-18-7-1-5-16(12-18)23(27)29-20-11-10-15-4-3-9-22(21(15)14-20)30-24(28)17-6-2-8-19(26)13-17/h1-14H,25-26H2. The minimum Gasteiger partial charge on any atom is -0.423 e. The molecule has 0 saturated heterocycles. The van der Waals surface area contributed by atoms with Crippen molar-refractivity contribution in [3.63, 3.8) is 0 Å². The number of carbonyl (C=O) groups is 2. The van der Waals surface area contributed by atoms with Crippen molar-refractivity contribution in [3.8, 4) is 11.5 Å². The van der Waals surface area contributed by atoms with Gasteiger partial charge in [-0.05, 0) is 60.0 Å². The van der Waals surface area contributed by atoms with Crippen LogP contribution in [0.2, 0.25) is 0 Å². The van der Waals surface area contributed by atoms with Gasteiger partial charge in [0.05, 0.1) is 11.1 Å². The molecular formula is C24H18N2O4. The summed E-state index contributed by atoms with van der Waals surface area (Å²) in [7, 11) is 0. The van der Waals surface area contributed by atoms with Crippen LogP contribution >= 0.6 is 0 Å². The van der Waals surface area contributed by atoms with Crippen LogP contribution in [0.15, 0.2) is 84.9 Å². The lowest BCUT2D eigenvalue weighted by Crippen LogP contribution is -2.10. The van der Waals surface area contributed by atoms with Crippen molar-refractivity contribution >= 4 is 34.1 Å². The van der Waals surface area contributed by atoms with Crippen molar-refractivity contribution in [2.75, 3.05) is 11.5 Å². The topological polar surface area (TPSA) is 105 Å². The first-order valence-corrected chi connectivity index (χ1v) is 9.18. The Bertz CT molecular complexity index is 1270. The molecule has 0 saturated carbocycles. The summed E-state index contributed by atoms with van der Waals surface area (Å²) in [6.07, 6.45) is 0. The second kappa shape index (κ2) is 7.97. The van der Waals surface area contributed by atoms with Gasteiger partial charge in [-0.1, -0.05) is 30.3 Å². The number of nitrogens with two attached hydrogens (primary N) is 2. The highest BCUT2D eigenvalue weighted by molar-refractivity contribution is 5.97. The number of fused-ring (bicyclic) bond motifs is 1. The second-order valence-corrected chi connectivity index (χ2v) is 6.67. The molecule has 0 aliphatic carbocycles. The van der Waals surface area contributed by atoms with E-state index >= 15 is 0 Å². The van der Waals surface area contributed by atoms with Crippen LogP contribution < -0.4 is 20.9 Å². The number of esters is 2. The fourth-order valence-electron chi connectivity index (χ4n) is 3.03. The highest BCUT2D eigenvalue weighted by Crippen LogP contribution is 2.30. The number of carbonyl (C=O) groups excluding carboxylic acids is 2. The molecule has 0 aromatic heterocycles. The molecule has 0 spiro atoms. The van der Waals surface area contributed by atoms with Crippen LogP contribution in [0.5, 0.6) is 11.5 Å². The lowest BCUT2D eigenvalue weighted by molar-refractivity contribution is 0.0724. The zero-order valence-electron chi connectivity index (χ0n) is 15.9. The first kappa shape index (κ1) is 19.0. The molecule has 6 nitrogen and oxygen atoms in total. The number of nitrogen functional groups attached to an aromatic ring is 2. The van der Waals surface area contributed by atoms with Gasteiger partial charge in [0.2, 0.25) is 0 Å². The minimum atomic E-state index is -0.532. The van der Waals surface area contributed by atoms with E-state index in [1.165, 1.54) is 0 Å². The average Bonchev–Trinajstić information content (AvgIpc) is 2.74. The van der Waals surface area contributed by atoms with Crippen LogP contribution in [-0.2, 0) is 0 Å². The van der Waals surface area contributed by atoms with Gasteiger partial charge in [0.1, 0.15) is 11.5 Å². The Morgan fingerprint density at radius 2 is 1.23 bits per heavy atom. The summed E-state index contributed by atoms with van der Waals surface area (Å²) in [5.74, 6) is -0.392. The van der Waals surface area contributed by atoms with Gasteiger partial charge < -0.3 is 20.9 Å². The lowest BCUT2D eigenvalue weighted by Gasteiger charge is -2.10. The maximum absolute atomic E-state index is 12.5. The van der Waals surface area contributed by atoms with Crippen LogP contribution in [0.4, 0.5) is 11.4 Å². The molecule has 6 heteroatoms. The van der Waals surface area contributed by atoms with E-state index in [0.717, 1.165) is 5.39 Å². The maximum Gasteiger partial charge on any atom is 0.343 e. The molecule has 0 bridgehead atoms. The van der Waals surface area contributed by atoms with E-state index in [2.05, 4.69) is 0 Å². The molecule has 0 aliphatic rings. The molecule has 0 unspecified atom stereocenters. The van der Waals surface area contributed by atoms with Crippen molar-refractivity contribution in [3.05, 3.63) is 96.1 Å². The van der Waals surface area contributed by atoms with E-state index in [4.69, 9.17) is 20.9 Å². The minimum absolute atomic E-state index is 0.322. The Balaban J connectivity index is 1.62. The normalized spacial score (nSPS) is 10.5. The van der Waals surface area contributed by atoms with Crippen molar-refractivity contribution in [2.45, 2.75) is 0 Å². The molecule has 0 radical (unpaired) electrons. The molecular weight excluding hydrogens is 380 g/mol. The summed E-state index contributed by atoms with van der Waals surface area (Å²) >= 11 is 0. The van der Waals surface area contributed by atoms with Crippen molar-refractivity contribution < 1.29 is 19.1 Å². The first-order chi connectivity index (χ1) is 14.5. The van der Waals surface area contributed by atoms with Crippen LogP contribution in [0.3, 0.4) is 0 Å². The van der Waals surface area contributed by atoms with Crippen molar-refractivity contribution in [1.29, 1.82) is 0 Å². The fraction of sp³-hybridized carbons (Fsp3) is 0. The van der Waals surface area contributed by atoms with Gasteiger partial charge in [0, 0.05) is 16.8 Å². The molecule has 4 N–H and O–H groups in total. The van der Waals surface area contributed by atoms with Gasteiger partial charge in [-0.3, -0.25) is 0 Å². The van der Waals surface area contributed by atoms with E-state index in [9.17, 15) is 9.59 Å². The average molecular weight is 398 g/mol. The third-order valence-corrected chi connectivity index (χ3v) is 4.47. The molecule has 4 aromatic carbocycles. The number of hydrogen-bond acceptors (Lipinski definition) is 6. The summed E-state index contributed by atoms with van der Waals surface area (Å²) in [5, 5.41) is 1.46. The predicted molar refractivity (Wildman–Crippen MR) is 116 cm³/mol. The SMILES string of the molecule is Nc1cccc(C(=O)Oc2ccc3cccc(OC(=O)c4cccc(N)c4)c3c2)c1. The maximum atomic E-state index is 12.5. The van der Waals surface area contributed by atoms with Crippen molar-refractivity contribution in [2.24, 2.45) is 0 Å². The van der Waals surface area contributed by atoms with Gasteiger partial charge in [-0.25, -0.2) is 9.59 Å². The fourth-order valence-corrected chi connectivity index (χ4v) is 3.03. The number of benzene rings is 4. The van der Waals surface area contributed by atoms with E-state index < -0.39 is 11.9 Å². The Hall–Kier alpha value is -4.32. The third kappa shape index (κ3) is 4.07. The van der Waals surface area contributed by atoms with Gasteiger partial charge in [-0.15, -0.1) is 0 Å². The van der Waals surface area contributed by atoms with E-state index in [1.807, 2.05) is 6.07 Å². The monoisotopic (exact) mass is 398 g/mol. The molecule has 0 atom stereocenters. The van der Waals surface area contributed by atoms with Crippen LogP contribution in [-0.4, -0.2) is 11.9 Å². The van der Waals surface area contributed by atoms with Gasteiger partial charge in [0.15, 0.2) is 0 Å². The Labute approximate surface area is 172 Å². The van der Waals surface area contributed by atoms with E-state index in [-0.39, 0.29) is 0 Å². The molecule has 0 fully saturated rings. The summed E-state index contributed by atoms with van der Waals surface area (Å²) in [6.45, 7) is 0. The molecule has 0 aliphatic heterocycles. The number of ether oxygens (including phenoxy) is 2. The van der Waals surface area contributed by atoms with Crippen LogP contribution in [0, 0.1) is 0 Å². The first-order valence-electron chi connectivity index (χ1n) is 9.18. The molecule has 0 heterocycles. The smallest absolute Gasteiger partial charge is 0.343 e. The highest BCUT2D eigenvalue weighted by atomic mass is 16.5. The summed E-state index contributed by atoms with van der Waals surface area (Å²) in [5.41, 5.74) is 13.1.